The van der Waals surface area contributed by atoms with Crippen LogP contribution in [0.5, 0.6) is 0 Å². The zero-order valence-electron chi connectivity index (χ0n) is 16.2. The van der Waals surface area contributed by atoms with Crippen molar-refractivity contribution < 1.29 is 9.53 Å². The van der Waals surface area contributed by atoms with Crippen LogP contribution in [0.1, 0.15) is 34.1 Å². The minimum Gasteiger partial charge on any atom is -0.444 e. The second kappa shape index (κ2) is 9.80. The molecule has 2 unspecified atom stereocenters. The number of halogens is 1. The Labute approximate surface area is 169 Å². The Kier molecular flexibility index (Phi) is 8.73. The van der Waals surface area contributed by atoms with Gasteiger partial charge in [0, 0.05) is 52.4 Å². The SMILES string of the molecule is CN=C(NCCN1CCN(C(=O)OC(C)(C)C)CC1)NC1CC1C.I. The Morgan fingerprint density at radius 3 is 2.32 bits per heavy atom. The van der Waals surface area contributed by atoms with Gasteiger partial charge in [-0.05, 0) is 33.1 Å². The Bertz CT molecular complexity index is 458. The molecule has 1 aliphatic carbocycles. The molecule has 0 radical (unpaired) electrons. The van der Waals surface area contributed by atoms with E-state index in [1.54, 1.807) is 4.90 Å². The molecule has 0 aromatic carbocycles. The Morgan fingerprint density at radius 2 is 1.84 bits per heavy atom. The van der Waals surface area contributed by atoms with Gasteiger partial charge in [-0.15, -0.1) is 24.0 Å². The van der Waals surface area contributed by atoms with Crippen LogP contribution in [0.15, 0.2) is 4.99 Å². The van der Waals surface area contributed by atoms with Crippen molar-refractivity contribution in [2.75, 3.05) is 46.3 Å². The van der Waals surface area contributed by atoms with Gasteiger partial charge in [0.25, 0.3) is 0 Å². The van der Waals surface area contributed by atoms with Crippen molar-refractivity contribution in [1.82, 2.24) is 20.4 Å². The van der Waals surface area contributed by atoms with Gasteiger partial charge in [-0.1, -0.05) is 6.92 Å². The summed E-state index contributed by atoms with van der Waals surface area (Å²) in [6.45, 7) is 13.0. The molecule has 1 heterocycles. The molecule has 2 rings (SSSR count). The number of nitrogens with one attached hydrogen (secondary N) is 2. The Balaban J connectivity index is 0.00000312. The van der Waals surface area contributed by atoms with Crippen LogP contribution in [0.2, 0.25) is 0 Å². The predicted molar refractivity (Wildman–Crippen MR) is 112 cm³/mol. The lowest BCUT2D eigenvalue weighted by molar-refractivity contribution is 0.0147. The van der Waals surface area contributed by atoms with Gasteiger partial charge in [0.1, 0.15) is 5.60 Å². The van der Waals surface area contributed by atoms with E-state index in [2.05, 4.69) is 27.4 Å². The molecule has 146 valence electrons. The number of hydrogen-bond acceptors (Lipinski definition) is 4. The quantitative estimate of drug-likeness (QED) is 0.375. The summed E-state index contributed by atoms with van der Waals surface area (Å²) < 4.78 is 5.42. The van der Waals surface area contributed by atoms with Gasteiger partial charge in [0.2, 0.25) is 0 Å². The first-order valence-electron chi connectivity index (χ1n) is 8.96. The molecule has 2 atom stereocenters. The molecular weight excluding hydrogens is 433 g/mol. The van der Waals surface area contributed by atoms with Crippen LogP contribution in [0, 0.1) is 5.92 Å². The summed E-state index contributed by atoms with van der Waals surface area (Å²) in [5.41, 5.74) is -0.430. The van der Waals surface area contributed by atoms with Crippen LogP contribution < -0.4 is 10.6 Å². The Hall–Kier alpha value is -0.770. The molecule has 0 aromatic heterocycles. The average molecular weight is 467 g/mol. The number of carbonyl (C=O) groups is 1. The Morgan fingerprint density at radius 1 is 1.24 bits per heavy atom. The molecule has 1 amide bonds. The third-order valence-electron chi connectivity index (χ3n) is 4.40. The lowest BCUT2D eigenvalue weighted by Gasteiger charge is -2.35. The highest BCUT2D eigenvalue weighted by atomic mass is 127. The number of guanidine groups is 1. The summed E-state index contributed by atoms with van der Waals surface area (Å²) in [6, 6.07) is 0.577. The smallest absolute Gasteiger partial charge is 0.410 e. The van der Waals surface area contributed by atoms with Gasteiger partial charge in [-0.25, -0.2) is 4.79 Å². The fourth-order valence-electron chi connectivity index (χ4n) is 2.71. The molecule has 7 nitrogen and oxygen atoms in total. The molecule has 1 aliphatic heterocycles. The minimum atomic E-state index is -0.430. The van der Waals surface area contributed by atoms with Crippen LogP contribution in [-0.2, 0) is 4.74 Å². The van der Waals surface area contributed by atoms with E-state index >= 15 is 0 Å². The molecule has 1 saturated heterocycles. The average Bonchev–Trinajstić information content (AvgIpc) is 3.20. The highest BCUT2D eigenvalue weighted by molar-refractivity contribution is 14.0. The normalized spacial score (nSPS) is 24.4. The molecular formula is C17H34IN5O2. The van der Waals surface area contributed by atoms with Crippen molar-refractivity contribution in [3.63, 3.8) is 0 Å². The third-order valence-corrected chi connectivity index (χ3v) is 4.40. The molecule has 2 N–H and O–H groups in total. The number of carbonyl (C=O) groups excluding carboxylic acids is 1. The molecule has 0 aromatic rings. The first kappa shape index (κ1) is 22.3. The maximum absolute atomic E-state index is 12.0. The summed E-state index contributed by atoms with van der Waals surface area (Å²) in [5.74, 6) is 1.64. The lowest BCUT2D eigenvalue weighted by atomic mass is 10.2. The van der Waals surface area contributed by atoms with Gasteiger partial charge < -0.3 is 20.3 Å². The first-order chi connectivity index (χ1) is 11.3. The van der Waals surface area contributed by atoms with Crippen molar-refractivity contribution in [2.45, 2.75) is 45.8 Å². The number of nitrogens with zero attached hydrogens (tertiary/aromatic N) is 3. The molecule has 8 heteroatoms. The van der Waals surface area contributed by atoms with Crippen molar-refractivity contribution in [3.8, 4) is 0 Å². The van der Waals surface area contributed by atoms with Crippen LogP contribution >= 0.6 is 24.0 Å². The van der Waals surface area contributed by atoms with Crippen molar-refractivity contribution in [1.29, 1.82) is 0 Å². The van der Waals surface area contributed by atoms with Crippen molar-refractivity contribution >= 4 is 36.0 Å². The van der Waals surface area contributed by atoms with Gasteiger partial charge in [0.15, 0.2) is 5.96 Å². The van der Waals surface area contributed by atoms with E-state index in [-0.39, 0.29) is 30.1 Å². The van der Waals surface area contributed by atoms with E-state index in [0.29, 0.717) is 6.04 Å². The minimum absolute atomic E-state index is 0. The molecule has 25 heavy (non-hydrogen) atoms. The van der Waals surface area contributed by atoms with Gasteiger partial charge in [-0.2, -0.15) is 0 Å². The zero-order chi connectivity index (χ0) is 17.7. The monoisotopic (exact) mass is 467 g/mol. The van der Waals surface area contributed by atoms with E-state index in [9.17, 15) is 4.79 Å². The predicted octanol–water partition coefficient (Wildman–Crippen LogP) is 1.73. The molecule has 0 spiro atoms. The fraction of sp³-hybridized carbons (Fsp3) is 0.882. The van der Waals surface area contributed by atoms with Crippen LogP contribution in [0.25, 0.3) is 0 Å². The highest BCUT2D eigenvalue weighted by Crippen LogP contribution is 2.28. The second-order valence-corrected chi connectivity index (χ2v) is 7.77. The molecule has 1 saturated carbocycles. The third kappa shape index (κ3) is 7.98. The largest absolute Gasteiger partial charge is 0.444 e. The summed E-state index contributed by atoms with van der Waals surface area (Å²) in [7, 11) is 1.81. The number of piperazine rings is 1. The molecule has 2 fully saturated rings. The van der Waals surface area contributed by atoms with Crippen molar-refractivity contribution in [2.24, 2.45) is 10.9 Å². The van der Waals surface area contributed by atoms with E-state index in [4.69, 9.17) is 4.74 Å². The fourth-order valence-corrected chi connectivity index (χ4v) is 2.71. The molecule has 2 aliphatic rings. The number of rotatable bonds is 4. The summed E-state index contributed by atoms with van der Waals surface area (Å²) in [5, 5.41) is 6.79. The number of aliphatic imine (C=N–C) groups is 1. The molecule has 0 bridgehead atoms. The van der Waals surface area contributed by atoms with Gasteiger partial charge in [0.05, 0.1) is 0 Å². The van der Waals surface area contributed by atoms with Crippen molar-refractivity contribution in [3.05, 3.63) is 0 Å². The number of hydrogen-bond donors (Lipinski definition) is 2. The zero-order valence-corrected chi connectivity index (χ0v) is 18.5. The summed E-state index contributed by atoms with van der Waals surface area (Å²) >= 11 is 0. The number of amides is 1. The van der Waals surface area contributed by atoms with Gasteiger partial charge in [-0.3, -0.25) is 9.89 Å². The maximum atomic E-state index is 12.0. The van der Waals surface area contributed by atoms with Gasteiger partial charge >= 0.3 is 6.09 Å². The first-order valence-corrected chi connectivity index (χ1v) is 8.96. The maximum Gasteiger partial charge on any atom is 0.410 e. The topological polar surface area (TPSA) is 69.2 Å². The van der Waals surface area contributed by atoms with E-state index in [0.717, 1.165) is 51.1 Å². The highest BCUT2D eigenvalue weighted by Gasteiger charge is 2.33. The van der Waals surface area contributed by atoms with E-state index in [1.807, 2.05) is 27.8 Å². The van der Waals surface area contributed by atoms with Crippen LogP contribution in [0.4, 0.5) is 4.79 Å². The summed E-state index contributed by atoms with van der Waals surface area (Å²) in [4.78, 5) is 20.5. The van der Waals surface area contributed by atoms with Crippen LogP contribution in [-0.4, -0.2) is 79.8 Å². The van der Waals surface area contributed by atoms with Crippen LogP contribution in [0.3, 0.4) is 0 Å². The van der Waals surface area contributed by atoms with E-state index in [1.165, 1.54) is 6.42 Å². The second-order valence-electron chi connectivity index (χ2n) is 7.77. The number of ether oxygens (including phenoxy) is 1. The summed E-state index contributed by atoms with van der Waals surface area (Å²) in [6.07, 6.45) is 1.02. The van der Waals surface area contributed by atoms with E-state index < -0.39 is 5.60 Å². The standard InChI is InChI=1S/C17H33N5O2.HI/c1-13-12-14(13)20-15(18-5)19-6-7-21-8-10-22(11-9-21)16(23)24-17(2,3)4;/h13-14H,6-12H2,1-5H3,(H2,18,19,20);1H. The lowest BCUT2D eigenvalue weighted by Crippen LogP contribution is -2.51.